The average molecular weight is 374 g/mol. The first kappa shape index (κ1) is 20.3. The standard InChI is InChI=1S/C21H21F3N2O/c1-4-12-26(13-5-2)19-11-10-17(21(22,23)24)14-18(19)25-20(27)16-8-6-15(3)7-9-16/h4-11,14H,1-2,12-13H2,3H3,(H,25,27). The van der Waals surface area contributed by atoms with Crippen molar-refractivity contribution in [3.05, 3.63) is 84.5 Å². The first-order valence-corrected chi connectivity index (χ1v) is 8.32. The van der Waals surface area contributed by atoms with Crippen LogP contribution in [0.5, 0.6) is 0 Å². The molecule has 0 atom stereocenters. The number of benzene rings is 2. The summed E-state index contributed by atoms with van der Waals surface area (Å²) in [5.41, 5.74) is 1.06. The van der Waals surface area contributed by atoms with E-state index in [0.29, 0.717) is 24.3 Å². The third-order valence-corrected chi connectivity index (χ3v) is 3.93. The fourth-order valence-corrected chi connectivity index (χ4v) is 2.57. The number of alkyl halides is 3. The zero-order chi connectivity index (χ0) is 20.0. The summed E-state index contributed by atoms with van der Waals surface area (Å²) in [4.78, 5) is 14.3. The van der Waals surface area contributed by atoms with Crippen molar-refractivity contribution in [3.63, 3.8) is 0 Å². The molecule has 0 aliphatic rings. The van der Waals surface area contributed by atoms with Gasteiger partial charge in [0.05, 0.1) is 16.9 Å². The van der Waals surface area contributed by atoms with Gasteiger partial charge in [-0.25, -0.2) is 0 Å². The average Bonchev–Trinajstić information content (AvgIpc) is 2.61. The Hall–Kier alpha value is -3.02. The molecule has 0 fully saturated rings. The normalized spacial score (nSPS) is 11.0. The number of aryl methyl sites for hydroxylation is 1. The Morgan fingerprint density at radius 2 is 1.67 bits per heavy atom. The molecule has 0 bridgehead atoms. The molecule has 0 aliphatic heterocycles. The van der Waals surface area contributed by atoms with E-state index >= 15 is 0 Å². The highest BCUT2D eigenvalue weighted by atomic mass is 19.4. The predicted molar refractivity (Wildman–Crippen MR) is 103 cm³/mol. The van der Waals surface area contributed by atoms with Crippen molar-refractivity contribution in [3.8, 4) is 0 Å². The van der Waals surface area contributed by atoms with Crippen LogP contribution >= 0.6 is 0 Å². The van der Waals surface area contributed by atoms with Crippen LogP contribution in [0, 0.1) is 6.92 Å². The molecule has 2 aromatic carbocycles. The van der Waals surface area contributed by atoms with Crippen molar-refractivity contribution in [2.24, 2.45) is 0 Å². The fourth-order valence-electron chi connectivity index (χ4n) is 2.57. The van der Waals surface area contributed by atoms with Crippen LogP contribution < -0.4 is 10.2 Å². The third kappa shape index (κ3) is 5.23. The first-order chi connectivity index (χ1) is 12.8. The van der Waals surface area contributed by atoms with Crippen LogP contribution in [0.2, 0.25) is 0 Å². The number of anilines is 2. The van der Waals surface area contributed by atoms with Gasteiger partial charge < -0.3 is 10.2 Å². The van der Waals surface area contributed by atoms with Crippen molar-refractivity contribution in [2.75, 3.05) is 23.3 Å². The van der Waals surface area contributed by atoms with E-state index in [0.717, 1.165) is 17.7 Å². The van der Waals surface area contributed by atoms with Crippen molar-refractivity contribution >= 4 is 17.3 Å². The van der Waals surface area contributed by atoms with E-state index in [2.05, 4.69) is 18.5 Å². The van der Waals surface area contributed by atoms with E-state index in [4.69, 9.17) is 0 Å². The number of rotatable bonds is 7. The largest absolute Gasteiger partial charge is 0.416 e. The lowest BCUT2D eigenvalue weighted by molar-refractivity contribution is -0.137. The van der Waals surface area contributed by atoms with Gasteiger partial charge in [-0.2, -0.15) is 13.2 Å². The monoisotopic (exact) mass is 374 g/mol. The second-order valence-corrected chi connectivity index (χ2v) is 6.03. The quantitative estimate of drug-likeness (QED) is 0.654. The van der Waals surface area contributed by atoms with E-state index in [1.807, 2.05) is 6.92 Å². The SMILES string of the molecule is C=CCN(CC=C)c1ccc(C(F)(F)F)cc1NC(=O)c1ccc(C)cc1. The Bertz CT molecular complexity index is 816. The van der Waals surface area contributed by atoms with E-state index in [9.17, 15) is 18.0 Å². The van der Waals surface area contributed by atoms with Gasteiger partial charge >= 0.3 is 6.18 Å². The number of nitrogens with one attached hydrogen (secondary N) is 1. The number of hydrogen-bond donors (Lipinski definition) is 1. The predicted octanol–water partition coefficient (Wildman–Crippen LogP) is 5.44. The van der Waals surface area contributed by atoms with E-state index in [1.54, 1.807) is 41.3 Å². The molecule has 0 unspecified atom stereocenters. The molecular weight excluding hydrogens is 353 g/mol. The van der Waals surface area contributed by atoms with Gasteiger partial charge in [-0.15, -0.1) is 13.2 Å². The molecule has 0 aliphatic carbocycles. The summed E-state index contributed by atoms with van der Waals surface area (Å²) in [5.74, 6) is -0.479. The molecule has 27 heavy (non-hydrogen) atoms. The molecular formula is C21H21F3N2O. The summed E-state index contributed by atoms with van der Waals surface area (Å²) in [7, 11) is 0. The number of nitrogens with zero attached hydrogens (tertiary/aromatic N) is 1. The molecule has 2 aromatic rings. The first-order valence-electron chi connectivity index (χ1n) is 8.32. The third-order valence-electron chi connectivity index (χ3n) is 3.93. The molecule has 0 saturated carbocycles. The minimum absolute atomic E-state index is 0.0825. The van der Waals surface area contributed by atoms with Crippen LogP contribution in [-0.4, -0.2) is 19.0 Å². The molecule has 0 spiro atoms. The van der Waals surface area contributed by atoms with Gasteiger partial charge in [-0.3, -0.25) is 4.79 Å². The molecule has 1 N–H and O–H groups in total. The Labute approximate surface area is 156 Å². The van der Waals surface area contributed by atoms with E-state index < -0.39 is 17.6 Å². The number of halogens is 3. The van der Waals surface area contributed by atoms with Gasteiger partial charge in [-0.1, -0.05) is 29.8 Å². The molecule has 1 amide bonds. The second-order valence-electron chi connectivity index (χ2n) is 6.03. The van der Waals surface area contributed by atoms with Crippen LogP contribution in [0.3, 0.4) is 0 Å². The van der Waals surface area contributed by atoms with Crippen LogP contribution in [0.4, 0.5) is 24.5 Å². The summed E-state index contributed by atoms with van der Waals surface area (Å²) >= 11 is 0. The Morgan fingerprint density at radius 1 is 1.07 bits per heavy atom. The molecule has 0 saturated heterocycles. The summed E-state index contributed by atoms with van der Waals surface area (Å²) in [5, 5.41) is 2.61. The van der Waals surface area contributed by atoms with E-state index in [1.165, 1.54) is 6.07 Å². The maximum absolute atomic E-state index is 13.1. The molecule has 3 nitrogen and oxygen atoms in total. The van der Waals surface area contributed by atoms with Gasteiger partial charge in [0.1, 0.15) is 0 Å². The second kappa shape index (κ2) is 8.58. The molecule has 2 rings (SSSR count). The highest BCUT2D eigenvalue weighted by molar-refractivity contribution is 6.06. The smallest absolute Gasteiger partial charge is 0.362 e. The lowest BCUT2D eigenvalue weighted by atomic mass is 10.1. The van der Waals surface area contributed by atoms with Gasteiger partial charge in [0, 0.05) is 18.7 Å². The van der Waals surface area contributed by atoms with Crippen molar-refractivity contribution in [1.82, 2.24) is 0 Å². The van der Waals surface area contributed by atoms with Crippen LogP contribution in [0.1, 0.15) is 21.5 Å². The zero-order valence-electron chi connectivity index (χ0n) is 15.0. The van der Waals surface area contributed by atoms with Gasteiger partial charge in [0.2, 0.25) is 0 Å². The fraction of sp³-hybridized carbons (Fsp3) is 0.190. The van der Waals surface area contributed by atoms with Gasteiger partial charge in [0.15, 0.2) is 0 Å². The maximum atomic E-state index is 13.1. The Kier molecular flexibility index (Phi) is 6.45. The maximum Gasteiger partial charge on any atom is 0.416 e. The van der Waals surface area contributed by atoms with Gasteiger partial charge in [0.25, 0.3) is 5.91 Å². The number of carbonyl (C=O) groups excluding carboxylic acids is 1. The van der Waals surface area contributed by atoms with Crippen LogP contribution in [-0.2, 0) is 6.18 Å². The summed E-state index contributed by atoms with van der Waals surface area (Å²) in [6, 6.07) is 10.1. The van der Waals surface area contributed by atoms with Crippen molar-refractivity contribution in [2.45, 2.75) is 13.1 Å². The number of hydrogen-bond acceptors (Lipinski definition) is 2. The van der Waals surface area contributed by atoms with E-state index in [-0.39, 0.29) is 5.69 Å². The number of carbonyl (C=O) groups is 1. The molecule has 6 heteroatoms. The highest BCUT2D eigenvalue weighted by Gasteiger charge is 2.31. The summed E-state index contributed by atoms with van der Waals surface area (Å²) in [6.45, 7) is 10.0. The topological polar surface area (TPSA) is 32.3 Å². The lowest BCUT2D eigenvalue weighted by Crippen LogP contribution is -2.25. The highest BCUT2D eigenvalue weighted by Crippen LogP contribution is 2.35. The van der Waals surface area contributed by atoms with Crippen LogP contribution in [0.25, 0.3) is 0 Å². The van der Waals surface area contributed by atoms with Gasteiger partial charge in [-0.05, 0) is 37.3 Å². The minimum atomic E-state index is -4.51. The Balaban J connectivity index is 2.45. The molecule has 0 radical (unpaired) electrons. The number of amides is 1. The Morgan fingerprint density at radius 3 is 2.19 bits per heavy atom. The van der Waals surface area contributed by atoms with Crippen LogP contribution in [0.15, 0.2) is 67.8 Å². The molecule has 142 valence electrons. The lowest BCUT2D eigenvalue weighted by Gasteiger charge is -2.25. The summed E-state index contributed by atoms with van der Waals surface area (Å²) < 4.78 is 39.4. The van der Waals surface area contributed by atoms with Crippen molar-refractivity contribution in [1.29, 1.82) is 0 Å². The zero-order valence-corrected chi connectivity index (χ0v) is 15.0. The molecule has 0 aromatic heterocycles. The minimum Gasteiger partial charge on any atom is -0.362 e. The summed E-state index contributed by atoms with van der Waals surface area (Å²) in [6.07, 6.45) is -1.25. The molecule has 0 heterocycles. The van der Waals surface area contributed by atoms with Crippen molar-refractivity contribution < 1.29 is 18.0 Å².